The van der Waals surface area contributed by atoms with Gasteiger partial charge in [-0.2, -0.15) is 0 Å². The monoisotopic (exact) mass is 238 g/mol. The van der Waals surface area contributed by atoms with Crippen LogP contribution in [0.25, 0.3) is 0 Å². The summed E-state index contributed by atoms with van der Waals surface area (Å²) in [4.78, 5) is 11.9. The summed E-state index contributed by atoms with van der Waals surface area (Å²) in [6, 6.07) is 5.54. The predicted octanol–water partition coefficient (Wildman–Crippen LogP) is 3.46. The van der Waals surface area contributed by atoms with E-state index >= 15 is 0 Å². The zero-order valence-corrected chi connectivity index (χ0v) is 10.6. The number of halogens is 1. The lowest BCUT2D eigenvalue weighted by Crippen LogP contribution is -2.21. The van der Waals surface area contributed by atoms with E-state index in [9.17, 15) is 9.18 Å². The van der Waals surface area contributed by atoms with E-state index in [1.807, 2.05) is 0 Å². The van der Waals surface area contributed by atoms with E-state index in [1.54, 1.807) is 6.92 Å². The number of hydrogen-bond donors (Lipinski definition) is 0. The highest BCUT2D eigenvalue weighted by molar-refractivity contribution is 5.99. The van der Waals surface area contributed by atoms with Gasteiger partial charge >= 0.3 is 0 Å². The minimum atomic E-state index is -0.473. The van der Waals surface area contributed by atoms with E-state index in [4.69, 9.17) is 4.74 Å². The summed E-state index contributed by atoms with van der Waals surface area (Å²) in [6.45, 7) is 6.52. The van der Waals surface area contributed by atoms with Crippen molar-refractivity contribution in [2.24, 2.45) is 5.92 Å². The van der Waals surface area contributed by atoms with Crippen molar-refractivity contribution < 1.29 is 13.9 Å². The molecule has 0 N–H and O–H groups in total. The van der Waals surface area contributed by atoms with Crippen molar-refractivity contribution in [2.75, 3.05) is 6.61 Å². The summed E-state index contributed by atoms with van der Waals surface area (Å²) >= 11 is 0. The molecular weight excluding hydrogens is 219 g/mol. The SMILES string of the molecule is CC(C)CCOC(C)C(=O)c1ccc(F)cc1. The largest absolute Gasteiger partial charge is 0.370 e. The lowest BCUT2D eigenvalue weighted by Gasteiger charge is -2.13. The first-order valence-corrected chi connectivity index (χ1v) is 5.92. The molecule has 17 heavy (non-hydrogen) atoms. The van der Waals surface area contributed by atoms with Gasteiger partial charge in [-0.1, -0.05) is 13.8 Å². The van der Waals surface area contributed by atoms with E-state index < -0.39 is 6.10 Å². The van der Waals surface area contributed by atoms with Crippen LogP contribution in [0.2, 0.25) is 0 Å². The highest BCUT2D eigenvalue weighted by atomic mass is 19.1. The van der Waals surface area contributed by atoms with Gasteiger partial charge < -0.3 is 4.74 Å². The number of hydrogen-bond acceptors (Lipinski definition) is 2. The molecule has 1 aromatic carbocycles. The molecule has 1 unspecified atom stereocenters. The topological polar surface area (TPSA) is 26.3 Å². The van der Waals surface area contributed by atoms with Crippen molar-refractivity contribution >= 4 is 5.78 Å². The second kappa shape index (κ2) is 6.50. The quantitative estimate of drug-likeness (QED) is 0.709. The van der Waals surface area contributed by atoms with Crippen molar-refractivity contribution in [1.82, 2.24) is 0 Å². The fourth-order valence-electron chi connectivity index (χ4n) is 1.41. The van der Waals surface area contributed by atoms with Crippen LogP contribution in [0, 0.1) is 11.7 Å². The predicted molar refractivity (Wildman–Crippen MR) is 65.6 cm³/mol. The Bertz CT molecular complexity index is 357. The van der Waals surface area contributed by atoms with Crippen molar-refractivity contribution in [1.29, 1.82) is 0 Å². The van der Waals surface area contributed by atoms with Crippen LogP contribution in [0.4, 0.5) is 4.39 Å². The molecule has 0 amide bonds. The number of rotatable bonds is 6. The number of carbonyl (C=O) groups is 1. The Morgan fingerprint density at radius 3 is 2.35 bits per heavy atom. The molecule has 0 aliphatic rings. The van der Waals surface area contributed by atoms with Crippen LogP contribution in [-0.2, 0) is 4.74 Å². The van der Waals surface area contributed by atoms with Crippen LogP contribution in [0.15, 0.2) is 24.3 Å². The molecule has 1 aromatic rings. The van der Waals surface area contributed by atoms with Crippen molar-refractivity contribution in [3.8, 4) is 0 Å². The van der Waals surface area contributed by atoms with Crippen LogP contribution < -0.4 is 0 Å². The molecule has 94 valence electrons. The van der Waals surface area contributed by atoms with E-state index in [1.165, 1.54) is 24.3 Å². The normalized spacial score (nSPS) is 12.8. The van der Waals surface area contributed by atoms with Crippen molar-refractivity contribution in [2.45, 2.75) is 33.3 Å². The van der Waals surface area contributed by atoms with E-state index in [0.717, 1.165) is 6.42 Å². The van der Waals surface area contributed by atoms with E-state index in [0.29, 0.717) is 18.1 Å². The summed E-state index contributed by atoms with van der Waals surface area (Å²) in [7, 11) is 0. The highest BCUT2D eigenvalue weighted by Gasteiger charge is 2.15. The minimum absolute atomic E-state index is 0.103. The third-order valence-corrected chi connectivity index (χ3v) is 2.56. The Kier molecular flexibility index (Phi) is 5.29. The Labute approximate surface area is 102 Å². The van der Waals surface area contributed by atoms with Crippen molar-refractivity contribution in [3.63, 3.8) is 0 Å². The average Bonchev–Trinajstić information content (AvgIpc) is 2.28. The summed E-state index contributed by atoms with van der Waals surface area (Å²) in [6.07, 6.45) is 0.459. The first-order chi connectivity index (χ1) is 8.00. The molecule has 0 aromatic heterocycles. The zero-order chi connectivity index (χ0) is 12.8. The number of benzene rings is 1. The molecule has 0 saturated heterocycles. The lowest BCUT2D eigenvalue weighted by molar-refractivity contribution is 0.0443. The minimum Gasteiger partial charge on any atom is -0.370 e. The molecule has 0 aliphatic heterocycles. The number of Topliss-reactive ketones (excluding diaryl/α,β-unsaturated/α-hetero) is 1. The third kappa shape index (κ3) is 4.65. The van der Waals surface area contributed by atoms with Gasteiger partial charge in [-0.15, -0.1) is 0 Å². The highest BCUT2D eigenvalue weighted by Crippen LogP contribution is 2.09. The maximum absolute atomic E-state index is 12.7. The number of ketones is 1. The Morgan fingerprint density at radius 2 is 1.82 bits per heavy atom. The smallest absolute Gasteiger partial charge is 0.191 e. The fraction of sp³-hybridized carbons (Fsp3) is 0.500. The van der Waals surface area contributed by atoms with Crippen LogP contribution >= 0.6 is 0 Å². The molecule has 1 rings (SSSR count). The first kappa shape index (κ1) is 13.8. The first-order valence-electron chi connectivity index (χ1n) is 5.92. The molecule has 2 nitrogen and oxygen atoms in total. The Morgan fingerprint density at radius 1 is 1.24 bits per heavy atom. The standard InChI is InChI=1S/C14H19FO2/c1-10(2)8-9-17-11(3)14(16)12-4-6-13(15)7-5-12/h4-7,10-11H,8-9H2,1-3H3. The van der Waals surface area contributed by atoms with Crippen LogP contribution in [0.1, 0.15) is 37.6 Å². The zero-order valence-electron chi connectivity index (χ0n) is 10.6. The molecular formula is C14H19FO2. The molecule has 1 atom stereocenters. The molecule has 0 heterocycles. The second-order valence-corrected chi connectivity index (χ2v) is 4.57. The fourth-order valence-corrected chi connectivity index (χ4v) is 1.41. The second-order valence-electron chi connectivity index (χ2n) is 4.57. The van der Waals surface area contributed by atoms with Gasteiger partial charge in [0.05, 0.1) is 0 Å². The van der Waals surface area contributed by atoms with Gasteiger partial charge in [0.25, 0.3) is 0 Å². The molecule has 0 spiro atoms. The summed E-state index contributed by atoms with van der Waals surface area (Å²) in [5.74, 6) is 0.117. The molecule has 0 bridgehead atoms. The third-order valence-electron chi connectivity index (χ3n) is 2.56. The van der Waals surface area contributed by atoms with Crippen molar-refractivity contribution in [3.05, 3.63) is 35.6 Å². The van der Waals surface area contributed by atoms with Gasteiger partial charge in [0, 0.05) is 12.2 Å². The number of ether oxygens (including phenoxy) is 1. The van der Waals surface area contributed by atoms with Gasteiger partial charge in [-0.25, -0.2) is 4.39 Å². The molecule has 3 heteroatoms. The molecule has 0 fully saturated rings. The molecule has 0 radical (unpaired) electrons. The van der Waals surface area contributed by atoms with Gasteiger partial charge in [0.2, 0.25) is 0 Å². The van der Waals surface area contributed by atoms with Gasteiger partial charge in [0.15, 0.2) is 5.78 Å². The van der Waals surface area contributed by atoms with Gasteiger partial charge in [-0.05, 0) is 43.5 Å². The lowest BCUT2D eigenvalue weighted by atomic mass is 10.1. The maximum Gasteiger partial charge on any atom is 0.191 e. The maximum atomic E-state index is 12.7. The summed E-state index contributed by atoms with van der Waals surface area (Å²) < 4.78 is 18.2. The molecule has 0 aliphatic carbocycles. The Balaban J connectivity index is 2.49. The summed E-state index contributed by atoms with van der Waals surface area (Å²) in [5.41, 5.74) is 0.489. The van der Waals surface area contributed by atoms with E-state index in [2.05, 4.69) is 13.8 Å². The Hall–Kier alpha value is -1.22. The summed E-state index contributed by atoms with van der Waals surface area (Å²) in [5, 5.41) is 0. The number of carbonyl (C=O) groups excluding carboxylic acids is 1. The average molecular weight is 238 g/mol. The van der Waals surface area contributed by atoms with Crippen LogP contribution in [-0.4, -0.2) is 18.5 Å². The van der Waals surface area contributed by atoms with Crippen LogP contribution in [0.3, 0.4) is 0 Å². The van der Waals surface area contributed by atoms with Gasteiger partial charge in [0.1, 0.15) is 11.9 Å². The van der Waals surface area contributed by atoms with Gasteiger partial charge in [-0.3, -0.25) is 4.79 Å². The van der Waals surface area contributed by atoms with E-state index in [-0.39, 0.29) is 11.6 Å². The molecule has 0 saturated carbocycles. The van der Waals surface area contributed by atoms with Crippen LogP contribution in [0.5, 0.6) is 0 Å².